The Morgan fingerprint density at radius 2 is 2.05 bits per heavy atom. The lowest BCUT2D eigenvalue weighted by molar-refractivity contribution is -0.145. The number of methoxy groups -OCH3 is 1. The van der Waals surface area contributed by atoms with Crippen LogP contribution in [0.1, 0.15) is 18.9 Å². The second-order valence-electron chi connectivity index (χ2n) is 4.66. The Morgan fingerprint density at radius 3 is 2.62 bits per heavy atom. The first-order chi connectivity index (χ1) is 9.96. The third-order valence-electron chi connectivity index (χ3n) is 2.76. The molecule has 0 heterocycles. The van der Waals surface area contributed by atoms with E-state index in [1.165, 1.54) is 13.2 Å². The van der Waals surface area contributed by atoms with Crippen molar-refractivity contribution < 1.29 is 23.5 Å². The molecule has 0 aliphatic rings. The van der Waals surface area contributed by atoms with Gasteiger partial charge in [0.2, 0.25) is 0 Å². The Hall–Kier alpha value is -1.95. The summed E-state index contributed by atoms with van der Waals surface area (Å²) in [5, 5.41) is 0. The van der Waals surface area contributed by atoms with Crippen LogP contribution < -0.4 is 4.74 Å². The fourth-order valence-corrected chi connectivity index (χ4v) is 1.91. The third-order valence-corrected chi connectivity index (χ3v) is 2.76. The maximum absolute atomic E-state index is 13.5. The Morgan fingerprint density at radius 1 is 1.33 bits per heavy atom. The van der Waals surface area contributed by atoms with Crippen molar-refractivity contribution in [3.8, 4) is 5.75 Å². The summed E-state index contributed by atoms with van der Waals surface area (Å²) in [5.74, 6) is -1.02. The van der Waals surface area contributed by atoms with Crippen LogP contribution in [-0.4, -0.2) is 44.0 Å². The predicted octanol–water partition coefficient (Wildman–Crippen LogP) is 1.79. The number of ketones is 1. The lowest BCUT2D eigenvalue weighted by Gasteiger charge is -2.16. The summed E-state index contributed by atoms with van der Waals surface area (Å²) >= 11 is 0. The number of hydrogen-bond acceptors (Lipinski definition) is 5. The molecule has 0 radical (unpaired) electrons. The van der Waals surface area contributed by atoms with Gasteiger partial charge >= 0.3 is 5.97 Å². The van der Waals surface area contributed by atoms with E-state index in [-0.39, 0.29) is 31.1 Å². The van der Waals surface area contributed by atoms with Crippen molar-refractivity contribution in [3.63, 3.8) is 0 Å². The number of hydrogen-bond donors (Lipinski definition) is 0. The van der Waals surface area contributed by atoms with Gasteiger partial charge in [-0.3, -0.25) is 14.5 Å². The Bertz CT molecular complexity index is 504. The maximum atomic E-state index is 13.5. The van der Waals surface area contributed by atoms with E-state index in [4.69, 9.17) is 9.47 Å². The van der Waals surface area contributed by atoms with Crippen molar-refractivity contribution in [1.29, 1.82) is 0 Å². The van der Waals surface area contributed by atoms with Crippen LogP contribution in [0.25, 0.3) is 0 Å². The lowest BCUT2D eigenvalue weighted by Crippen LogP contribution is -2.27. The maximum Gasteiger partial charge on any atom is 0.313 e. The summed E-state index contributed by atoms with van der Waals surface area (Å²) in [6.45, 7) is 2.45. The molecule has 0 aliphatic carbocycles. The van der Waals surface area contributed by atoms with Crippen molar-refractivity contribution in [1.82, 2.24) is 4.90 Å². The molecule has 0 fully saturated rings. The SMILES string of the molecule is CCOC(=O)CC(=O)CN(C)Cc1ccc(OC)c(F)c1. The fourth-order valence-electron chi connectivity index (χ4n) is 1.91. The van der Waals surface area contributed by atoms with Gasteiger partial charge in [-0.2, -0.15) is 0 Å². The molecule has 1 aromatic carbocycles. The van der Waals surface area contributed by atoms with Gasteiger partial charge in [0.25, 0.3) is 0 Å². The van der Waals surface area contributed by atoms with Crippen molar-refractivity contribution in [2.24, 2.45) is 0 Å². The Balaban J connectivity index is 2.49. The molecule has 0 unspecified atom stereocenters. The minimum atomic E-state index is -0.522. The summed E-state index contributed by atoms with van der Waals surface area (Å²) in [6.07, 6.45) is -0.241. The van der Waals surface area contributed by atoms with E-state index in [0.29, 0.717) is 6.54 Å². The van der Waals surface area contributed by atoms with E-state index < -0.39 is 11.8 Å². The van der Waals surface area contributed by atoms with Gasteiger partial charge in [0.15, 0.2) is 17.3 Å². The molecule has 0 saturated heterocycles. The fraction of sp³-hybridized carbons (Fsp3) is 0.467. The molecule has 116 valence electrons. The van der Waals surface area contributed by atoms with Crippen molar-refractivity contribution in [2.45, 2.75) is 19.9 Å². The van der Waals surface area contributed by atoms with Gasteiger partial charge in [-0.25, -0.2) is 4.39 Å². The molecule has 0 amide bonds. The second kappa shape index (κ2) is 8.36. The van der Waals surface area contributed by atoms with Gasteiger partial charge in [-0.15, -0.1) is 0 Å². The first-order valence-electron chi connectivity index (χ1n) is 6.64. The van der Waals surface area contributed by atoms with Crippen LogP contribution in [0.5, 0.6) is 5.75 Å². The minimum Gasteiger partial charge on any atom is -0.494 e. The zero-order chi connectivity index (χ0) is 15.8. The highest BCUT2D eigenvalue weighted by atomic mass is 19.1. The van der Waals surface area contributed by atoms with Gasteiger partial charge in [-0.1, -0.05) is 6.07 Å². The number of esters is 1. The van der Waals surface area contributed by atoms with Crippen LogP contribution in [0.4, 0.5) is 4.39 Å². The number of nitrogens with zero attached hydrogens (tertiary/aromatic N) is 1. The van der Waals surface area contributed by atoms with E-state index in [1.807, 2.05) is 0 Å². The topological polar surface area (TPSA) is 55.8 Å². The Kier molecular flexibility index (Phi) is 6.81. The molecule has 0 bridgehead atoms. The molecule has 0 spiro atoms. The average molecular weight is 297 g/mol. The van der Waals surface area contributed by atoms with E-state index in [2.05, 4.69) is 0 Å². The summed E-state index contributed by atoms with van der Waals surface area (Å²) in [4.78, 5) is 24.6. The molecule has 0 saturated carbocycles. The van der Waals surface area contributed by atoms with Crippen LogP contribution in [0, 0.1) is 5.82 Å². The smallest absolute Gasteiger partial charge is 0.313 e. The van der Waals surface area contributed by atoms with Crippen molar-refractivity contribution in [2.75, 3.05) is 27.3 Å². The number of carbonyl (C=O) groups is 2. The summed E-state index contributed by atoms with van der Waals surface area (Å²) in [7, 11) is 3.13. The molecule has 0 aliphatic heterocycles. The van der Waals surface area contributed by atoms with Crippen LogP contribution in [0.15, 0.2) is 18.2 Å². The van der Waals surface area contributed by atoms with Gasteiger partial charge in [0.05, 0.1) is 20.3 Å². The molecular weight excluding hydrogens is 277 g/mol. The highest BCUT2D eigenvalue weighted by Crippen LogP contribution is 2.18. The van der Waals surface area contributed by atoms with Crippen molar-refractivity contribution >= 4 is 11.8 Å². The summed E-state index contributed by atoms with van der Waals surface area (Å²) < 4.78 is 23.1. The Labute approximate surface area is 123 Å². The molecule has 6 heteroatoms. The zero-order valence-corrected chi connectivity index (χ0v) is 12.5. The standard InChI is InChI=1S/C15H20FNO4/c1-4-21-15(19)8-12(18)10-17(2)9-11-5-6-14(20-3)13(16)7-11/h5-7H,4,8-10H2,1-3H3. The quantitative estimate of drug-likeness (QED) is 0.541. The van der Waals surface area contributed by atoms with Gasteiger partial charge in [0, 0.05) is 6.54 Å². The number of benzene rings is 1. The largest absolute Gasteiger partial charge is 0.494 e. The minimum absolute atomic E-state index is 0.104. The molecule has 1 aromatic rings. The van der Waals surface area contributed by atoms with E-state index >= 15 is 0 Å². The summed E-state index contributed by atoms with van der Waals surface area (Å²) in [5.41, 5.74) is 0.722. The first kappa shape index (κ1) is 17.1. The van der Waals surface area contributed by atoms with Crippen LogP contribution in [-0.2, 0) is 20.9 Å². The van der Waals surface area contributed by atoms with E-state index in [0.717, 1.165) is 5.56 Å². The van der Waals surface area contributed by atoms with E-state index in [1.54, 1.807) is 31.0 Å². The lowest BCUT2D eigenvalue weighted by atomic mass is 10.2. The number of rotatable bonds is 8. The van der Waals surface area contributed by atoms with E-state index in [9.17, 15) is 14.0 Å². The van der Waals surface area contributed by atoms with Gasteiger partial charge < -0.3 is 9.47 Å². The van der Waals surface area contributed by atoms with Crippen LogP contribution in [0.2, 0.25) is 0 Å². The number of carbonyl (C=O) groups excluding carboxylic acids is 2. The highest BCUT2D eigenvalue weighted by Gasteiger charge is 2.13. The first-order valence-corrected chi connectivity index (χ1v) is 6.64. The number of ether oxygens (including phenoxy) is 2. The zero-order valence-electron chi connectivity index (χ0n) is 12.5. The number of halogens is 1. The average Bonchev–Trinajstić information content (AvgIpc) is 2.38. The van der Waals surface area contributed by atoms with Crippen LogP contribution >= 0.6 is 0 Å². The predicted molar refractivity (Wildman–Crippen MR) is 75.5 cm³/mol. The van der Waals surface area contributed by atoms with Crippen molar-refractivity contribution in [3.05, 3.63) is 29.6 Å². The monoisotopic (exact) mass is 297 g/mol. The molecular formula is C15H20FNO4. The second-order valence-corrected chi connectivity index (χ2v) is 4.66. The highest BCUT2D eigenvalue weighted by molar-refractivity contribution is 5.96. The molecule has 0 aromatic heterocycles. The molecule has 0 atom stereocenters. The molecule has 5 nitrogen and oxygen atoms in total. The number of likely N-dealkylation sites (N-methyl/N-ethyl adjacent to an activating group) is 1. The third kappa shape index (κ3) is 5.91. The molecule has 21 heavy (non-hydrogen) atoms. The number of Topliss-reactive ketones (excluding diaryl/α,β-unsaturated/α-hetero) is 1. The summed E-state index contributed by atoms with van der Waals surface area (Å²) in [6, 6.07) is 4.64. The molecule has 1 rings (SSSR count). The molecule has 0 N–H and O–H groups in total. The normalized spacial score (nSPS) is 10.5. The van der Waals surface area contributed by atoms with Gasteiger partial charge in [-0.05, 0) is 31.7 Å². The van der Waals surface area contributed by atoms with Gasteiger partial charge in [0.1, 0.15) is 6.42 Å². The van der Waals surface area contributed by atoms with Crippen LogP contribution in [0.3, 0.4) is 0 Å².